The Hall–Kier alpha value is -2.41. The SMILES string of the molecule is CCOCCCn1c(NC(=O)CNC(=O)CC2CCCCC2)nc2ccccc21. The van der Waals surface area contributed by atoms with Crippen LogP contribution in [0.25, 0.3) is 11.0 Å². The van der Waals surface area contributed by atoms with Crippen molar-refractivity contribution >= 4 is 28.8 Å². The number of ether oxygens (including phenoxy) is 1. The fourth-order valence-electron chi connectivity index (χ4n) is 3.94. The van der Waals surface area contributed by atoms with E-state index >= 15 is 0 Å². The largest absolute Gasteiger partial charge is 0.382 e. The van der Waals surface area contributed by atoms with Gasteiger partial charge in [0.2, 0.25) is 17.8 Å². The van der Waals surface area contributed by atoms with E-state index in [1.54, 1.807) is 0 Å². The molecule has 0 radical (unpaired) electrons. The summed E-state index contributed by atoms with van der Waals surface area (Å²) < 4.78 is 7.42. The highest BCUT2D eigenvalue weighted by molar-refractivity contribution is 5.94. The van der Waals surface area contributed by atoms with Gasteiger partial charge in [-0.05, 0) is 44.2 Å². The van der Waals surface area contributed by atoms with Gasteiger partial charge in [-0.2, -0.15) is 0 Å². The molecule has 7 heteroatoms. The topological polar surface area (TPSA) is 85.2 Å². The molecule has 3 rings (SSSR count). The first-order chi connectivity index (χ1) is 14.2. The average molecular weight is 401 g/mol. The summed E-state index contributed by atoms with van der Waals surface area (Å²) in [7, 11) is 0. The Balaban J connectivity index is 1.55. The fraction of sp³-hybridized carbons (Fsp3) is 0.591. The molecule has 1 aliphatic carbocycles. The van der Waals surface area contributed by atoms with Crippen molar-refractivity contribution in [2.24, 2.45) is 5.92 Å². The van der Waals surface area contributed by atoms with E-state index in [0.29, 0.717) is 38.0 Å². The van der Waals surface area contributed by atoms with E-state index in [4.69, 9.17) is 4.74 Å². The number of aromatic nitrogens is 2. The van der Waals surface area contributed by atoms with Crippen LogP contribution in [0.5, 0.6) is 0 Å². The molecule has 158 valence electrons. The van der Waals surface area contributed by atoms with Crippen LogP contribution >= 0.6 is 0 Å². The molecule has 1 saturated carbocycles. The Bertz CT molecular complexity index is 811. The molecule has 1 aliphatic rings. The lowest BCUT2D eigenvalue weighted by atomic mass is 9.87. The number of amides is 2. The summed E-state index contributed by atoms with van der Waals surface area (Å²) in [5.74, 6) is 0.663. The quantitative estimate of drug-likeness (QED) is 0.598. The van der Waals surface area contributed by atoms with Gasteiger partial charge in [0, 0.05) is 26.2 Å². The zero-order valence-corrected chi connectivity index (χ0v) is 17.3. The van der Waals surface area contributed by atoms with Gasteiger partial charge in [0.25, 0.3) is 0 Å². The molecule has 2 N–H and O–H groups in total. The minimum absolute atomic E-state index is 0.0340. The number of nitrogens with zero attached hydrogens (tertiary/aromatic N) is 2. The molecule has 0 aliphatic heterocycles. The van der Waals surface area contributed by atoms with Crippen molar-refractivity contribution in [1.82, 2.24) is 14.9 Å². The van der Waals surface area contributed by atoms with Crippen molar-refractivity contribution in [2.75, 3.05) is 25.1 Å². The third-order valence-electron chi connectivity index (χ3n) is 5.43. The van der Waals surface area contributed by atoms with Gasteiger partial charge in [0.15, 0.2) is 0 Å². The van der Waals surface area contributed by atoms with Crippen molar-refractivity contribution in [3.63, 3.8) is 0 Å². The van der Waals surface area contributed by atoms with E-state index in [1.807, 2.05) is 35.8 Å². The van der Waals surface area contributed by atoms with Gasteiger partial charge in [0.1, 0.15) is 0 Å². The van der Waals surface area contributed by atoms with Crippen molar-refractivity contribution < 1.29 is 14.3 Å². The van der Waals surface area contributed by atoms with Crippen LogP contribution in [0.1, 0.15) is 51.9 Å². The predicted octanol–water partition coefficient (Wildman–Crippen LogP) is 3.49. The van der Waals surface area contributed by atoms with Gasteiger partial charge in [-0.3, -0.25) is 14.9 Å². The van der Waals surface area contributed by atoms with Crippen LogP contribution in [-0.2, 0) is 20.9 Å². The molecule has 0 spiro atoms. The number of para-hydroxylation sites is 2. The van der Waals surface area contributed by atoms with Crippen molar-refractivity contribution in [1.29, 1.82) is 0 Å². The van der Waals surface area contributed by atoms with E-state index in [2.05, 4.69) is 15.6 Å². The highest BCUT2D eigenvalue weighted by Crippen LogP contribution is 2.26. The number of fused-ring (bicyclic) bond motifs is 1. The van der Waals surface area contributed by atoms with Crippen molar-refractivity contribution in [3.05, 3.63) is 24.3 Å². The molecule has 1 aromatic heterocycles. The summed E-state index contributed by atoms with van der Waals surface area (Å²) in [6.07, 6.45) is 7.26. The smallest absolute Gasteiger partial charge is 0.246 e. The molecule has 1 fully saturated rings. The number of hydrogen-bond acceptors (Lipinski definition) is 4. The van der Waals surface area contributed by atoms with Gasteiger partial charge in [0.05, 0.1) is 17.6 Å². The maximum absolute atomic E-state index is 12.4. The third kappa shape index (κ3) is 6.29. The molecular formula is C22H32N4O3. The standard InChI is InChI=1S/C22H32N4O3/c1-2-29-14-8-13-26-19-12-7-6-11-18(19)24-22(26)25-21(28)16-23-20(27)15-17-9-4-3-5-10-17/h6-7,11-12,17H,2-5,8-10,13-16H2,1H3,(H,23,27)(H,24,25,28). The minimum atomic E-state index is -0.261. The molecule has 7 nitrogen and oxygen atoms in total. The van der Waals surface area contributed by atoms with Crippen LogP contribution in [0.2, 0.25) is 0 Å². The lowest BCUT2D eigenvalue weighted by molar-refractivity contribution is -0.125. The summed E-state index contributed by atoms with van der Waals surface area (Å²) in [4.78, 5) is 29.1. The Labute approximate surface area is 172 Å². The van der Waals surface area contributed by atoms with E-state index in [1.165, 1.54) is 19.3 Å². The lowest BCUT2D eigenvalue weighted by Gasteiger charge is -2.20. The highest BCUT2D eigenvalue weighted by atomic mass is 16.5. The Morgan fingerprint density at radius 3 is 2.76 bits per heavy atom. The van der Waals surface area contributed by atoms with Crippen LogP contribution in [-0.4, -0.2) is 41.1 Å². The normalized spacial score (nSPS) is 14.8. The number of rotatable bonds is 10. The Kier molecular flexibility index (Phi) is 8.04. The number of hydrogen-bond donors (Lipinski definition) is 2. The molecule has 0 atom stereocenters. The zero-order chi connectivity index (χ0) is 20.5. The number of carbonyl (C=O) groups is 2. The number of benzene rings is 1. The lowest BCUT2D eigenvalue weighted by Crippen LogP contribution is -2.34. The van der Waals surface area contributed by atoms with Crippen LogP contribution in [0, 0.1) is 5.92 Å². The minimum Gasteiger partial charge on any atom is -0.382 e. The second-order valence-electron chi connectivity index (χ2n) is 7.66. The van der Waals surface area contributed by atoms with E-state index in [0.717, 1.165) is 30.3 Å². The van der Waals surface area contributed by atoms with Crippen LogP contribution in [0.3, 0.4) is 0 Å². The molecular weight excluding hydrogens is 368 g/mol. The second-order valence-corrected chi connectivity index (χ2v) is 7.66. The number of imidazole rings is 1. The Morgan fingerprint density at radius 1 is 1.17 bits per heavy atom. The molecule has 29 heavy (non-hydrogen) atoms. The molecule has 0 unspecified atom stereocenters. The summed E-state index contributed by atoms with van der Waals surface area (Å²) in [6, 6.07) is 7.80. The van der Waals surface area contributed by atoms with Gasteiger partial charge < -0.3 is 14.6 Å². The van der Waals surface area contributed by atoms with E-state index in [9.17, 15) is 9.59 Å². The number of nitrogens with one attached hydrogen (secondary N) is 2. The first kappa shape index (κ1) is 21.3. The predicted molar refractivity (Wildman–Crippen MR) is 114 cm³/mol. The molecule has 2 aromatic rings. The van der Waals surface area contributed by atoms with E-state index in [-0.39, 0.29) is 18.4 Å². The molecule has 1 heterocycles. The molecule has 2 amide bonds. The fourth-order valence-corrected chi connectivity index (χ4v) is 3.94. The van der Waals surface area contributed by atoms with Crippen LogP contribution < -0.4 is 10.6 Å². The number of carbonyl (C=O) groups excluding carboxylic acids is 2. The number of aryl methyl sites for hydroxylation is 1. The summed E-state index contributed by atoms with van der Waals surface area (Å²) >= 11 is 0. The zero-order valence-electron chi connectivity index (χ0n) is 17.3. The monoisotopic (exact) mass is 400 g/mol. The van der Waals surface area contributed by atoms with Crippen LogP contribution in [0.4, 0.5) is 5.95 Å². The van der Waals surface area contributed by atoms with Gasteiger partial charge in [-0.15, -0.1) is 0 Å². The maximum atomic E-state index is 12.4. The molecule has 0 bridgehead atoms. The van der Waals surface area contributed by atoms with Crippen LogP contribution in [0.15, 0.2) is 24.3 Å². The first-order valence-corrected chi connectivity index (χ1v) is 10.8. The van der Waals surface area contributed by atoms with Gasteiger partial charge in [-0.1, -0.05) is 31.4 Å². The summed E-state index contributed by atoms with van der Waals surface area (Å²) in [5.41, 5.74) is 1.81. The van der Waals surface area contributed by atoms with Crippen molar-refractivity contribution in [3.8, 4) is 0 Å². The van der Waals surface area contributed by atoms with Gasteiger partial charge in [-0.25, -0.2) is 4.98 Å². The summed E-state index contributed by atoms with van der Waals surface area (Å²) in [5, 5.41) is 5.61. The molecule has 1 aromatic carbocycles. The maximum Gasteiger partial charge on any atom is 0.246 e. The second kappa shape index (κ2) is 11.0. The number of anilines is 1. The van der Waals surface area contributed by atoms with Gasteiger partial charge >= 0.3 is 0 Å². The third-order valence-corrected chi connectivity index (χ3v) is 5.43. The van der Waals surface area contributed by atoms with E-state index < -0.39 is 0 Å². The Morgan fingerprint density at radius 2 is 1.97 bits per heavy atom. The van der Waals surface area contributed by atoms with Crippen molar-refractivity contribution in [2.45, 2.75) is 58.4 Å². The molecule has 0 saturated heterocycles. The summed E-state index contributed by atoms with van der Waals surface area (Å²) in [6.45, 7) is 3.99. The highest BCUT2D eigenvalue weighted by Gasteiger charge is 2.18. The first-order valence-electron chi connectivity index (χ1n) is 10.8. The average Bonchev–Trinajstić information content (AvgIpc) is 3.07.